The van der Waals surface area contributed by atoms with Gasteiger partial charge in [0.25, 0.3) is 11.8 Å². The van der Waals surface area contributed by atoms with E-state index in [2.05, 4.69) is 37.5 Å². The molecule has 2 aromatic rings. The second-order valence-electron chi connectivity index (χ2n) is 12.5. The van der Waals surface area contributed by atoms with E-state index in [9.17, 15) is 28.3 Å². The first kappa shape index (κ1) is 27.4. The van der Waals surface area contributed by atoms with E-state index in [1.807, 2.05) is 18.2 Å². The number of alkyl halides is 2. The number of nitrogens with one attached hydrogen (secondary N) is 2. The van der Waals surface area contributed by atoms with Gasteiger partial charge in [0, 0.05) is 35.0 Å². The number of anilines is 1. The van der Waals surface area contributed by atoms with Gasteiger partial charge in [-0.2, -0.15) is 0 Å². The molecule has 0 radical (unpaired) electrons. The molecule has 6 rings (SSSR count). The molecule has 2 amide bonds. The lowest BCUT2D eigenvalue weighted by molar-refractivity contribution is -0.154. The average molecular weight is 592 g/mol. The first-order chi connectivity index (χ1) is 18.6. The van der Waals surface area contributed by atoms with Gasteiger partial charge in [0.15, 0.2) is 0 Å². The van der Waals surface area contributed by atoms with Crippen LogP contribution in [0.2, 0.25) is 10.0 Å². The monoisotopic (exact) mass is 591 g/mol. The van der Waals surface area contributed by atoms with Gasteiger partial charge < -0.3 is 15.7 Å². The summed E-state index contributed by atoms with van der Waals surface area (Å²) in [7, 11) is 0. The summed E-state index contributed by atoms with van der Waals surface area (Å²) in [5.74, 6) is -9.11. The second kappa shape index (κ2) is 8.87. The zero-order valence-corrected chi connectivity index (χ0v) is 23.6. The lowest BCUT2D eigenvalue weighted by Gasteiger charge is -2.35. The number of carbonyl (C=O) groups is 3. The number of carboxylic acids is 1. The third-order valence-electron chi connectivity index (χ3n) is 8.90. The van der Waals surface area contributed by atoms with Gasteiger partial charge in [0.05, 0.1) is 23.2 Å². The third kappa shape index (κ3) is 4.03. The van der Waals surface area contributed by atoms with Crippen LogP contribution in [0.4, 0.5) is 14.5 Å². The first-order valence-electron chi connectivity index (χ1n) is 13.2. The molecule has 2 aromatic carbocycles. The van der Waals surface area contributed by atoms with Crippen LogP contribution in [-0.4, -0.2) is 52.3 Å². The summed E-state index contributed by atoms with van der Waals surface area (Å²) in [6, 6.07) is 9.44. The molecule has 2 saturated heterocycles. The van der Waals surface area contributed by atoms with Crippen molar-refractivity contribution in [2.45, 2.75) is 68.5 Å². The summed E-state index contributed by atoms with van der Waals surface area (Å²) in [5, 5.41) is 16.2. The van der Waals surface area contributed by atoms with Crippen LogP contribution in [0.1, 0.15) is 56.2 Å². The van der Waals surface area contributed by atoms with Crippen molar-refractivity contribution in [3.8, 4) is 0 Å². The van der Waals surface area contributed by atoms with Crippen LogP contribution in [0.25, 0.3) is 0 Å². The highest BCUT2D eigenvalue weighted by Crippen LogP contribution is 2.61. The van der Waals surface area contributed by atoms with Crippen LogP contribution >= 0.6 is 23.2 Å². The van der Waals surface area contributed by atoms with E-state index in [1.165, 1.54) is 17.0 Å². The topological polar surface area (TPSA) is 98.7 Å². The van der Waals surface area contributed by atoms with Crippen molar-refractivity contribution in [1.82, 2.24) is 10.2 Å². The van der Waals surface area contributed by atoms with Gasteiger partial charge in [-0.1, -0.05) is 68.2 Å². The van der Waals surface area contributed by atoms with Gasteiger partial charge in [-0.15, -0.1) is 0 Å². The van der Waals surface area contributed by atoms with Crippen molar-refractivity contribution in [1.29, 1.82) is 0 Å². The maximum Gasteiger partial charge on any atom is 0.310 e. The Morgan fingerprint density at radius 3 is 2.58 bits per heavy atom. The molecule has 6 atom stereocenters. The molecule has 11 heteroatoms. The lowest BCUT2D eigenvalue weighted by atomic mass is 9.73. The molecule has 0 bridgehead atoms. The molecule has 4 aliphatic rings. The largest absolute Gasteiger partial charge is 0.481 e. The lowest BCUT2D eigenvalue weighted by Crippen LogP contribution is -2.54. The van der Waals surface area contributed by atoms with Crippen molar-refractivity contribution in [3.05, 3.63) is 63.1 Å². The summed E-state index contributed by atoms with van der Waals surface area (Å²) in [4.78, 5) is 41.5. The molecule has 7 nitrogen and oxygen atoms in total. The summed E-state index contributed by atoms with van der Waals surface area (Å²) in [6.07, 6.45) is -0.0940. The van der Waals surface area contributed by atoms with Gasteiger partial charge in [0.2, 0.25) is 5.91 Å². The van der Waals surface area contributed by atoms with Crippen LogP contribution in [0, 0.1) is 11.8 Å². The molecule has 212 valence electrons. The number of hydrogen-bond donors (Lipinski definition) is 3. The maximum absolute atomic E-state index is 14.9. The van der Waals surface area contributed by atoms with Crippen molar-refractivity contribution < 1.29 is 28.3 Å². The maximum atomic E-state index is 14.9. The molecule has 1 spiro atoms. The summed E-state index contributed by atoms with van der Waals surface area (Å²) in [5.41, 5.74) is 0.307. The second-order valence-corrected chi connectivity index (χ2v) is 13.3. The molecule has 40 heavy (non-hydrogen) atoms. The van der Waals surface area contributed by atoms with E-state index < -0.39 is 60.1 Å². The smallest absolute Gasteiger partial charge is 0.310 e. The fourth-order valence-electron chi connectivity index (χ4n) is 7.04. The van der Waals surface area contributed by atoms with E-state index in [0.717, 1.165) is 11.1 Å². The molecular weight excluding hydrogens is 563 g/mol. The van der Waals surface area contributed by atoms with E-state index in [4.69, 9.17) is 23.2 Å². The van der Waals surface area contributed by atoms with Crippen molar-refractivity contribution in [2.75, 3.05) is 11.9 Å². The number of hydrogen-bond acceptors (Lipinski definition) is 4. The molecule has 3 aliphatic heterocycles. The minimum absolute atomic E-state index is 0.0270. The van der Waals surface area contributed by atoms with E-state index in [1.54, 1.807) is 0 Å². The fourth-order valence-corrected chi connectivity index (χ4v) is 7.58. The molecule has 3 N–H and O–H groups in total. The summed E-state index contributed by atoms with van der Waals surface area (Å²) < 4.78 is 29.8. The Morgan fingerprint density at radius 1 is 1.18 bits per heavy atom. The Kier molecular flexibility index (Phi) is 6.08. The number of nitrogens with zero attached hydrogens (tertiary/aromatic N) is 1. The Bertz CT molecular complexity index is 1460. The number of fused-ring (bicyclic) bond motifs is 4. The third-order valence-corrected chi connectivity index (χ3v) is 9.42. The molecule has 3 fully saturated rings. The predicted molar refractivity (Wildman–Crippen MR) is 146 cm³/mol. The Balaban J connectivity index is 1.36. The van der Waals surface area contributed by atoms with E-state index in [0.29, 0.717) is 6.42 Å². The van der Waals surface area contributed by atoms with Crippen LogP contribution < -0.4 is 10.6 Å². The van der Waals surface area contributed by atoms with E-state index in [-0.39, 0.29) is 38.7 Å². The van der Waals surface area contributed by atoms with Gasteiger partial charge in [-0.05, 0) is 35.1 Å². The molecule has 1 saturated carbocycles. The number of benzene rings is 2. The minimum atomic E-state index is -3.22. The first-order valence-corrected chi connectivity index (χ1v) is 14.0. The number of carbonyl (C=O) groups excluding carboxylic acids is 2. The molecule has 3 heterocycles. The molecule has 3 unspecified atom stereocenters. The zero-order valence-electron chi connectivity index (χ0n) is 22.1. The van der Waals surface area contributed by atoms with Crippen molar-refractivity contribution in [3.63, 3.8) is 0 Å². The predicted octanol–water partition coefficient (Wildman–Crippen LogP) is 5.15. The van der Waals surface area contributed by atoms with Crippen molar-refractivity contribution >= 4 is 46.7 Å². The molecule has 1 aliphatic carbocycles. The van der Waals surface area contributed by atoms with Crippen LogP contribution in [-0.2, 0) is 25.3 Å². The average Bonchev–Trinajstić information content (AvgIpc) is 3.34. The summed E-state index contributed by atoms with van der Waals surface area (Å²) in [6.45, 7) is 5.47. The number of aliphatic carboxylic acids is 1. The Hall–Kier alpha value is -2.75. The van der Waals surface area contributed by atoms with E-state index >= 15 is 0 Å². The van der Waals surface area contributed by atoms with Gasteiger partial charge >= 0.3 is 5.97 Å². The minimum Gasteiger partial charge on any atom is -0.481 e. The normalized spacial score (nSPS) is 32.1. The van der Waals surface area contributed by atoms with Crippen LogP contribution in [0.3, 0.4) is 0 Å². The van der Waals surface area contributed by atoms with Gasteiger partial charge in [-0.25, -0.2) is 8.78 Å². The van der Waals surface area contributed by atoms with Gasteiger partial charge in [0.1, 0.15) is 11.5 Å². The summed E-state index contributed by atoms with van der Waals surface area (Å²) >= 11 is 12.6. The Labute approximate surface area is 240 Å². The highest BCUT2D eigenvalue weighted by Gasteiger charge is 2.74. The number of carboxylic acid groups (broad SMARTS) is 1. The highest BCUT2D eigenvalue weighted by atomic mass is 35.5. The molecular formula is C29H29Cl2F2N3O4. The number of rotatable bonds is 4. The van der Waals surface area contributed by atoms with Crippen molar-refractivity contribution in [2.24, 2.45) is 11.8 Å². The zero-order chi connectivity index (χ0) is 28.9. The van der Waals surface area contributed by atoms with Gasteiger partial charge in [-0.3, -0.25) is 19.3 Å². The molecule has 0 aromatic heterocycles. The standard InChI is InChI=1S/C29H29Cl2F2N3O4/c1-27(2,3)14-6-4-5-13(7-14)16-10-19(16)34-24(37)21-20-11-28(32,33)12-36(20)29(22(21)25(38)39)17-8-15(30)9-18(31)23(17)35-26(29)40/h4-9,16,19-22H,10-12H2,1-3H3,(H,34,37)(H,35,40)(H,38,39)/t16?,19?,20-,21+,22-,29?/m1/s1. The Morgan fingerprint density at radius 2 is 1.90 bits per heavy atom. The quantitative estimate of drug-likeness (QED) is 0.456. The highest BCUT2D eigenvalue weighted by molar-refractivity contribution is 6.38. The number of halogens is 4. The SMILES string of the molecule is CC(C)(C)c1cccc(C2CC2NC(=O)[C@H]2[C@H]3CC(F)(F)CN3C3(C(=O)Nc4c(Cl)cc(Cl)cc43)[C@H]2C(=O)O)c1. The number of amides is 2. The van der Waals surface area contributed by atoms with Crippen LogP contribution in [0.15, 0.2) is 36.4 Å². The van der Waals surface area contributed by atoms with Crippen LogP contribution in [0.5, 0.6) is 0 Å². The fraction of sp³-hybridized carbons (Fsp3) is 0.483.